The average molecular weight is 417 g/mol. The highest BCUT2D eigenvalue weighted by Gasteiger charge is 2.27. The summed E-state index contributed by atoms with van der Waals surface area (Å²) in [6.45, 7) is 3.81. The van der Waals surface area contributed by atoms with E-state index < -0.39 is 9.84 Å². The van der Waals surface area contributed by atoms with Gasteiger partial charge in [-0.25, -0.2) is 8.42 Å². The second-order valence-electron chi connectivity index (χ2n) is 5.21. The third-order valence-electron chi connectivity index (χ3n) is 3.43. The molecule has 0 radical (unpaired) electrons. The highest BCUT2D eigenvalue weighted by molar-refractivity contribution is 14.0. The van der Waals surface area contributed by atoms with Gasteiger partial charge in [0.05, 0.1) is 11.5 Å². The molecule has 0 amide bonds. The molecule has 1 rings (SSSR count). The van der Waals surface area contributed by atoms with E-state index in [4.69, 9.17) is 0 Å². The maximum Gasteiger partial charge on any atom is 0.190 e. The fraction of sp³-hybridized carbons (Fsp3) is 0.923. The van der Waals surface area contributed by atoms with E-state index in [0.29, 0.717) is 18.1 Å². The maximum atomic E-state index is 11.4. The monoisotopic (exact) mass is 417 g/mol. The molecule has 1 atom stereocenters. The van der Waals surface area contributed by atoms with Crippen molar-refractivity contribution < 1.29 is 8.42 Å². The zero-order valence-corrected chi connectivity index (χ0v) is 15.7. The summed E-state index contributed by atoms with van der Waals surface area (Å²) in [6, 6.07) is 0. The van der Waals surface area contributed by atoms with Crippen molar-refractivity contribution in [3.8, 4) is 0 Å². The van der Waals surface area contributed by atoms with Gasteiger partial charge in [-0.3, -0.25) is 4.99 Å². The van der Waals surface area contributed by atoms with Crippen molar-refractivity contribution in [3.63, 3.8) is 0 Å². The van der Waals surface area contributed by atoms with Crippen molar-refractivity contribution in [1.82, 2.24) is 10.6 Å². The first-order valence-corrected chi connectivity index (χ1v) is 9.04. The van der Waals surface area contributed by atoms with E-state index in [1.807, 2.05) is 0 Å². The molecule has 1 saturated heterocycles. The lowest BCUT2D eigenvalue weighted by molar-refractivity contribution is 0.565. The zero-order chi connectivity index (χ0) is 14.1. The average Bonchev–Trinajstić information content (AvgIpc) is 2.72. The Labute approximate surface area is 140 Å². The van der Waals surface area contributed by atoms with Crippen LogP contribution < -0.4 is 10.6 Å². The molecule has 0 aromatic carbocycles. The van der Waals surface area contributed by atoms with Crippen molar-refractivity contribution in [2.24, 2.45) is 10.9 Å². The van der Waals surface area contributed by atoms with Gasteiger partial charge in [-0.1, -0.05) is 26.2 Å². The van der Waals surface area contributed by atoms with Crippen LogP contribution in [0, 0.1) is 5.92 Å². The van der Waals surface area contributed by atoms with Crippen LogP contribution in [0.2, 0.25) is 0 Å². The summed E-state index contributed by atoms with van der Waals surface area (Å²) < 4.78 is 22.7. The Hall–Kier alpha value is -0.0500. The first-order valence-electron chi connectivity index (χ1n) is 7.22. The van der Waals surface area contributed by atoms with Gasteiger partial charge >= 0.3 is 0 Å². The number of aliphatic imine (C=N–C) groups is 1. The molecule has 0 aromatic rings. The molecular formula is C13H28IN3O2S. The number of nitrogens with zero attached hydrogens (tertiary/aromatic N) is 1. The number of rotatable bonds is 7. The lowest BCUT2D eigenvalue weighted by Crippen LogP contribution is -2.40. The van der Waals surface area contributed by atoms with E-state index in [-0.39, 0.29) is 29.9 Å². The van der Waals surface area contributed by atoms with Gasteiger partial charge in [0, 0.05) is 20.1 Å². The van der Waals surface area contributed by atoms with Crippen LogP contribution in [0.1, 0.15) is 39.0 Å². The fourth-order valence-corrected chi connectivity index (χ4v) is 4.12. The molecule has 0 aromatic heterocycles. The largest absolute Gasteiger partial charge is 0.356 e. The smallest absolute Gasteiger partial charge is 0.190 e. The standard InChI is InChI=1S/C13H27N3O2S.HI/c1-3-4-5-6-8-15-13(14-2)16-10-12-7-9-19(17,18)11-12;/h12H,3-11H2,1-2H3,(H2,14,15,16);1H. The Bertz CT molecular complexity index is 385. The van der Waals surface area contributed by atoms with Crippen LogP contribution in [0.25, 0.3) is 0 Å². The number of sulfone groups is 1. The Balaban J connectivity index is 0.00000361. The number of nitrogens with one attached hydrogen (secondary N) is 2. The molecular weight excluding hydrogens is 389 g/mol. The molecule has 5 nitrogen and oxygen atoms in total. The van der Waals surface area contributed by atoms with Crippen molar-refractivity contribution in [1.29, 1.82) is 0 Å². The van der Waals surface area contributed by atoms with Gasteiger partial charge in [0.1, 0.15) is 0 Å². The Kier molecular flexibility index (Phi) is 10.6. The molecule has 7 heteroatoms. The molecule has 1 fully saturated rings. The van der Waals surface area contributed by atoms with Gasteiger partial charge in [0.25, 0.3) is 0 Å². The topological polar surface area (TPSA) is 70.6 Å². The lowest BCUT2D eigenvalue weighted by atomic mass is 10.1. The van der Waals surface area contributed by atoms with Crippen LogP contribution >= 0.6 is 24.0 Å². The van der Waals surface area contributed by atoms with Crippen LogP contribution in [-0.4, -0.2) is 46.0 Å². The Morgan fingerprint density at radius 3 is 2.55 bits per heavy atom. The maximum absolute atomic E-state index is 11.4. The number of hydrogen-bond acceptors (Lipinski definition) is 3. The van der Waals surface area contributed by atoms with Gasteiger partial charge in [0.2, 0.25) is 0 Å². The van der Waals surface area contributed by atoms with E-state index in [1.165, 1.54) is 19.3 Å². The van der Waals surface area contributed by atoms with Gasteiger partial charge in [-0.15, -0.1) is 24.0 Å². The summed E-state index contributed by atoms with van der Waals surface area (Å²) in [5.74, 6) is 1.65. The van der Waals surface area contributed by atoms with Crippen LogP contribution in [0.4, 0.5) is 0 Å². The van der Waals surface area contributed by atoms with Crippen molar-refractivity contribution in [3.05, 3.63) is 0 Å². The predicted octanol–water partition coefficient (Wildman–Crippen LogP) is 1.78. The summed E-state index contributed by atoms with van der Waals surface area (Å²) in [7, 11) is -1.03. The molecule has 120 valence electrons. The highest BCUT2D eigenvalue weighted by Crippen LogP contribution is 2.17. The third-order valence-corrected chi connectivity index (χ3v) is 5.27. The zero-order valence-electron chi connectivity index (χ0n) is 12.5. The summed E-state index contributed by atoms with van der Waals surface area (Å²) >= 11 is 0. The van der Waals surface area contributed by atoms with E-state index in [1.54, 1.807) is 7.05 Å². The summed E-state index contributed by atoms with van der Waals surface area (Å²) in [6.07, 6.45) is 5.66. The molecule has 1 unspecified atom stereocenters. The second kappa shape index (κ2) is 10.6. The minimum absolute atomic E-state index is 0. The summed E-state index contributed by atoms with van der Waals surface area (Å²) in [5, 5.41) is 6.48. The molecule has 1 heterocycles. The molecule has 0 spiro atoms. The van der Waals surface area contributed by atoms with Gasteiger partial charge in [-0.05, 0) is 18.8 Å². The predicted molar refractivity (Wildman–Crippen MR) is 95.7 cm³/mol. The second-order valence-corrected chi connectivity index (χ2v) is 7.44. The van der Waals surface area contributed by atoms with E-state index >= 15 is 0 Å². The number of guanidine groups is 1. The van der Waals surface area contributed by atoms with Gasteiger partial charge in [-0.2, -0.15) is 0 Å². The normalized spacial score (nSPS) is 21.3. The van der Waals surface area contributed by atoms with E-state index in [0.717, 1.165) is 25.3 Å². The van der Waals surface area contributed by atoms with Crippen molar-refractivity contribution >= 4 is 39.8 Å². The summed E-state index contributed by atoms with van der Waals surface area (Å²) in [4.78, 5) is 4.15. The first-order chi connectivity index (χ1) is 9.07. The molecule has 0 bridgehead atoms. The number of unbranched alkanes of at least 4 members (excludes halogenated alkanes) is 3. The van der Waals surface area contributed by atoms with Crippen molar-refractivity contribution in [2.75, 3.05) is 31.6 Å². The molecule has 1 aliphatic rings. The highest BCUT2D eigenvalue weighted by atomic mass is 127. The quantitative estimate of drug-likeness (QED) is 0.287. The molecule has 2 N–H and O–H groups in total. The van der Waals surface area contributed by atoms with E-state index in [2.05, 4.69) is 22.5 Å². The fourth-order valence-electron chi connectivity index (χ4n) is 2.25. The Morgan fingerprint density at radius 1 is 1.25 bits per heavy atom. The van der Waals surface area contributed by atoms with Crippen LogP contribution in [0.15, 0.2) is 4.99 Å². The van der Waals surface area contributed by atoms with E-state index in [9.17, 15) is 8.42 Å². The SMILES string of the molecule is CCCCCCNC(=NC)NCC1CCS(=O)(=O)C1.I. The summed E-state index contributed by atoms with van der Waals surface area (Å²) in [5.41, 5.74) is 0. The number of halogens is 1. The van der Waals surface area contributed by atoms with Gasteiger partial charge < -0.3 is 10.6 Å². The third kappa shape index (κ3) is 8.28. The Morgan fingerprint density at radius 2 is 2.00 bits per heavy atom. The molecule has 0 aliphatic carbocycles. The van der Waals surface area contributed by atoms with Crippen LogP contribution in [0.5, 0.6) is 0 Å². The molecule has 0 saturated carbocycles. The molecule has 1 aliphatic heterocycles. The minimum Gasteiger partial charge on any atom is -0.356 e. The lowest BCUT2D eigenvalue weighted by Gasteiger charge is -2.14. The van der Waals surface area contributed by atoms with Crippen LogP contribution in [-0.2, 0) is 9.84 Å². The van der Waals surface area contributed by atoms with Gasteiger partial charge in [0.15, 0.2) is 15.8 Å². The molecule has 20 heavy (non-hydrogen) atoms. The minimum atomic E-state index is -2.78. The number of hydrogen-bond donors (Lipinski definition) is 2. The van der Waals surface area contributed by atoms with Crippen molar-refractivity contribution in [2.45, 2.75) is 39.0 Å². The first kappa shape index (κ1) is 19.9. The van der Waals surface area contributed by atoms with Crippen LogP contribution in [0.3, 0.4) is 0 Å².